The number of carbonyl (C=O) groups is 1. The molecule has 0 radical (unpaired) electrons. The Balaban J connectivity index is 1.49. The maximum absolute atomic E-state index is 12.8. The normalized spacial score (nSPS) is 22.4. The van der Waals surface area contributed by atoms with Crippen LogP contribution in [0.5, 0.6) is 11.5 Å². The van der Waals surface area contributed by atoms with Crippen molar-refractivity contribution in [2.75, 3.05) is 25.1 Å². The number of anilines is 1. The number of hydrogen-bond acceptors (Lipinski definition) is 3. The first-order chi connectivity index (χ1) is 13.6. The van der Waals surface area contributed by atoms with Crippen LogP contribution in [-0.4, -0.2) is 31.7 Å². The van der Waals surface area contributed by atoms with Crippen LogP contribution in [0.3, 0.4) is 0 Å². The fourth-order valence-corrected chi connectivity index (χ4v) is 4.24. The van der Waals surface area contributed by atoms with Gasteiger partial charge in [-0.05, 0) is 49.4 Å². The van der Waals surface area contributed by atoms with Gasteiger partial charge < -0.3 is 19.7 Å². The molecule has 6 heteroatoms. The highest BCUT2D eigenvalue weighted by atomic mass is 35.5. The Hall–Kier alpha value is -2.24. The number of ether oxygens (including phenoxy) is 2. The zero-order valence-corrected chi connectivity index (χ0v) is 16.8. The second kappa shape index (κ2) is 8.41. The quantitative estimate of drug-likeness (QED) is 0.826. The van der Waals surface area contributed by atoms with Crippen LogP contribution in [0.4, 0.5) is 5.69 Å². The zero-order valence-electron chi connectivity index (χ0n) is 16.0. The summed E-state index contributed by atoms with van der Waals surface area (Å²) in [6.07, 6.45) is 3.06. The summed E-state index contributed by atoms with van der Waals surface area (Å²) in [4.78, 5) is 14.1. The van der Waals surface area contributed by atoms with E-state index in [1.165, 1.54) is 10.5 Å². The Morgan fingerprint density at radius 3 is 2.64 bits per heavy atom. The van der Waals surface area contributed by atoms with Gasteiger partial charge in [0.2, 0.25) is 0 Å². The maximum atomic E-state index is 12.8. The first kappa shape index (κ1) is 19.1. The number of rotatable bonds is 4. The summed E-state index contributed by atoms with van der Waals surface area (Å²) in [5, 5.41) is 3.67. The standard InChI is InChI=1S/C22H25ClN2O3/c1-15(22(26)24-18-8-6-17(23)7-9-18)25-11-2-4-19(25)16-5-10-20-21(14-16)28-13-3-12-27-20/h5-10,14-15,19H,2-4,11-13H2,1H3,(H,24,26)/p+1/t15-,19-/m1/s1. The maximum Gasteiger partial charge on any atom is 0.282 e. The molecule has 2 aromatic carbocycles. The summed E-state index contributed by atoms with van der Waals surface area (Å²) in [6.45, 7) is 4.35. The highest BCUT2D eigenvalue weighted by molar-refractivity contribution is 6.30. The molecule has 2 aliphatic heterocycles. The molecular formula is C22H26ClN2O3+. The van der Waals surface area contributed by atoms with Gasteiger partial charge >= 0.3 is 0 Å². The van der Waals surface area contributed by atoms with Gasteiger partial charge in [0.05, 0.1) is 19.8 Å². The number of carbonyl (C=O) groups excluding carboxylic acids is 1. The fourth-order valence-electron chi connectivity index (χ4n) is 4.12. The number of quaternary nitrogens is 1. The van der Waals surface area contributed by atoms with Crippen LogP contribution < -0.4 is 19.7 Å². The van der Waals surface area contributed by atoms with E-state index in [9.17, 15) is 4.79 Å². The summed E-state index contributed by atoms with van der Waals surface area (Å²) < 4.78 is 11.6. The van der Waals surface area contributed by atoms with E-state index in [2.05, 4.69) is 17.4 Å². The molecule has 28 heavy (non-hydrogen) atoms. The third kappa shape index (κ3) is 4.10. The molecule has 1 fully saturated rings. The van der Waals surface area contributed by atoms with Crippen LogP contribution in [-0.2, 0) is 4.79 Å². The summed E-state index contributed by atoms with van der Waals surface area (Å²) in [7, 11) is 0. The number of halogens is 1. The summed E-state index contributed by atoms with van der Waals surface area (Å²) in [5.74, 6) is 1.66. The molecule has 0 aliphatic carbocycles. The van der Waals surface area contributed by atoms with E-state index in [4.69, 9.17) is 21.1 Å². The molecule has 4 rings (SSSR count). The molecule has 1 unspecified atom stereocenters. The lowest BCUT2D eigenvalue weighted by atomic mass is 10.0. The smallest absolute Gasteiger partial charge is 0.282 e. The van der Waals surface area contributed by atoms with Crippen LogP contribution in [0.2, 0.25) is 5.02 Å². The predicted molar refractivity (Wildman–Crippen MR) is 109 cm³/mol. The van der Waals surface area contributed by atoms with Crippen molar-refractivity contribution in [2.45, 2.75) is 38.3 Å². The van der Waals surface area contributed by atoms with E-state index in [0.717, 1.165) is 43.0 Å². The third-order valence-corrected chi connectivity index (χ3v) is 5.89. The van der Waals surface area contributed by atoms with Crippen LogP contribution in [0, 0.1) is 0 Å². The lowest BCUT2D eigenvalue weighted by molar-refractivity contribution is -0.932. The van der Waals surface area contributed by atoms with E-state index < -0.39 is 0 Å². The molecule has 1 saturated heterocycles. The minimum atomic E-state index is -0.154. The van der Waals surface area contributed by atoms with Crippen molar-refractivity contribution in [2.24, 2.45) is 0 Å². The summed E-state index contributed by atoms with van der Waals surface area (Å²) in [6, 6.07) is 13.6. The molecule has 5 nitrogen and oxygen atoms in total. The van der Waals surface area contributed by atoms with Crippen molar-refractivity contribution in [1.82, 2.24) is 0 Å². The van der Waals surface area contributed by atoms with Gasteiger partial charge in [-0.2, -0.15) is 0 Å². The molecule has 2 heterocycles. The van der Waals surface area contributed by atoms with E-state index in [1.54, 1.807) is 12.1 Å². The fraction of sp³-hybridized carbons (Fsp3) is 0.409. The third-order valence-electron chi connectivity index (χ3n) is 5.64. The lowest BCUT2D eigenvalue weighted by Gasteiger charge is -2.27. The molecule has 1 amide bonds. The van der Waals surface area contributed by atoms with E-state index in [0.29, 0.717) is 18.2 Å². The largest absolute Gasteiger partial charge is 0.490 e. The van der Waals surface area contributed by atoms with E-state index >= 15 is 0 Å². The number of likely N-dealkylation sites (tertiary alicyclic amines) is 1. The van der Waals surface area contributed by atoms with Gasteiger partial charge in [0.15, 0.2) is 17.5 Å². The van der Waals surface area contributed by atoms with Crippen molar-refractivity contribution in [3.63, 3.8) is 0 Å². The Bertz CT molecular complexity index is 840. The summed E-state index contributed by atoms with van der Waals surface area (Å²) >= 11 is 5.93. The highest BCUT2D eigenvalue weighted by Gasteiger charge is 2.37. The van der Waals surface area contributed by atoms with Crippen molar-refractivity contribution in [3.05, 3.63) is 53.1 Å². The van der Waals surface area contributed by atoms with Gasteiger partial charge in [-0.3, -0.25) is 4.79 Å². The van der Waals surface area contributed by atoms with Gasteiger partial charge in [0.25, 0.3) is 5.91 Å². The second-order valence-electron chi connectivity index (χ2n) is 7.49. The molecule has 0 bridgehead atoms. The molecule has 2 N–H and O–H groups in total. The monoisotopic (exact) mass is 401 g/mol. The average molecular weight is 402 g/mol. The predicted octanol–water partition coefficient (Wildman–Crippen LogP) is 3.25. The van der Waals surface area contributed by atoms with Crippen LogP contribution in [0.25, 0.3) is 0 Å². The van der Waals surface area contributed by atoms with Crippen molar-refractivity contribution in [1.29, 1.82) is 0 Å². The Morgan fingerprint density at radius 2 is 1.86 bits per heavy atom. The lowest BCUT2D eigenvalue weighted by Crippen LogP contribution is -3.15. The van der Waals surface area contributed by atoms with Gasteiger partial charge in [0, 0.05) is 35.5 Å². The average Bonchev–Trinajstić information content (AvgIpc) is 3.07. The molecule has 0 spiro atoms. The summed E-state index contributed by atoms with van der Waals surface area (Å²) in [5.41, 5.74) is 1.98. The van der Waals surface area contributed by atoms with E-state index in [1.807, 2.05) is 25.1 Å². The van der Waals surface area contributed by atoms with Crippen molar-refractivity contribution >= 4 is 23.2 Å². The number of nitrogens with one attached hydrogen (secondary N) is 2. The van der Waals surface area contributed by atoms with Crippen molar-refractivity contribution < 1.29 is 19.2 Å². The van der Waals surface area contributed by atoms with E-state index in [-0.39, 0.29) is 18.0 Å². The topological polar surface area (TPSA) is 52.0 Å². The number of hydrogen-bond donors (Lipinski definition) is 2. The Kier molecular flexibility index (Phi) is 5.74. The van der Waals surface area contributed by atoms with Gasteiger partial charge in [0.1, 0.15) is 6.04 Å². The van der Waals surface area contributed by atoms with Gasteiger partial charge in [-0.15, -0.1) is 0 Å². The highest BCUT2D eigenvalue weighted by Crippen LogP contribution is 2.33. The van der Waals surface area contributed by atoms with Crippen molar-refractivity contribution in [3.8, 4) is 11.5 Å². The minimum Gasteiger partial charge on any atom is -0.490 e. The first-order valence-electron chi connectivity index (χ1n) is 9.93. The molecular weight excluding hydrogens is 376 g/mol. The number of amides is 1. The van der Waals surface area contributed by atoms with Gasteiger partial charge in [-0.1, -0.05) is 11.6 Å². The second-order valence-corrected chi connectivity index (χ2v) is 7.93. The number of fused-ring (bicyclic) bond motifs is 1. The Morgan fingerprint density at radius 1 is 1.11 bits per heavy atom. The number of benzene rings is 2. The van der Waals surface area contributed by atoms with Crippen LogP contribution >= 0.6 is 11.6 Å². The molecule has 148 valence electrons. The van der Waals surface area contributed by atoms with Crippen LogP contribution in [0.15, 0.2) is 42.5 Å². The van der Waals surface area contributed by atoms with Gasteiger partial charge in [-0.25, -0.2) is 0 Å². The molecule has 3 atom stereocenters. The Labute approximate surface area is 170 Å². The SMILES string of the molecule is C[C@H](C(=O)Nc1ccc(Cl)cc1)[NH+]1CCC[C@@H]1c1ccc2c(c1)OCCCO2. The molecule has 2 aromatic rings. The minimum absolute atomic E-state index is 0.0264. The zero-order chi connectivity index (χ0) is 19.5. The van der Waals surface area contributed by atoms with Crippen LogP contribution in [0.1, 0.15) is 37.8 Å². The first-order valence-corrected chi connectivity index (χ1v) is 10.3. The molecule has 0 aromatic heterocycles. The molecule has 2 aliphatic rings. The molecule has 0 saturated carbocycles.